The van der Waals surface area contributed by atoms with E-state index >= 15 is 0 Å². The van der Waals surface area contributed by atoms with Crippen LogP contribution in [-0.4, -0.2) is 31.6 Å². The van der Waals surface area contributed by atoms with Crippen molar-refractivity contribution in [2.75, 3.05) is 26.7 Å². The van der Waals surface area contributed by atoms with Crippen LogP contribution in [0.25, 0.3) is 0 Å². The van der Waals surface area contributed by atoms with Crippen molar-refractivity contribution in [3.63, 3.8) is 0 Å². The zero-order chi connectivity index (χ0) is 13.9. The molecule has 1 atom stereocenters. The van der Waals surface area contributed by atoms with Crippen molar-refractivity contribution in [3.8, 4) is 0 Å². The first kappa shape index (κ1) is 14.5. The average molecular weight is 264 g/mol. The van der Waals surface area contributed by atoms with Gasteiger partial charge in [0.25, 0.3) is 0 Å². The molecule has 1 heterocycles. The summed E-state index contributed by atoms with van der Waals surface area (Å²) in [7, 11) is 1.91. The Morgan fingerprint density at radius 2 is 1.89 bits per heavy atom. The zero-order valence-electron chi connectivity index (χ0n) is 12.2. The Hall–Kier alpha value is -0.930. The maximum atomic E-state index is 13.8. The molecule has 1 aromatic rings. The first-order valence-corrected chi connectivity index (χ1v) is 7.16. The van der Waals surface area contributed by atoms with Gasteiger partial charge in [0.05, 0.1) is 0 Å². The van der Waals surface area contributed by atoms with Crippen LogP contribution in [0, 0.1) is 11.2 Å². The standard InChI is InChI=1S/C16H25FN2/c1-16(2)8-10-19(11-9-16)12-15(18-3)13-6-4-5-7-14(13)17/h4-7,15,18H,8-12H2,1-3H3. The molecule has 0 radical (unpaired) electrons. The highest BCUT2D eigenvalue weighted by Crippen LogP contribution is 2.30. The van der Waals surface area contributed by atoms with Crippen molar-refractivity contribution < 1.29 is 4.39 Å². The van der Waals surface area contributed by atoms with E-state index in [1.807, 2.05) is 19.2 Å². The fraction of sp³-hybridized carbons (Fsp3) is 0.625. The summed E-state index contributed by atoms with van der Waals surface area (Å²) in [5.41, 5.74) is 1.23. The number of nitrogens with zero attached hydrogens (tertiary/aromatic N) is 1. The highest BCUT2D eigenvalue weighted by molar-refractivity contribution is 5.21. The third-order valence-corrected chi connectivity index (χ3v) is 4.28. The number of likely N-dealkylation sites (N-methyl/N-ethyl adjacent to an activating group) is 1. The molecule has 1 fully saturated rings. The van der Waals surface area contributed by atoms with Gasteiger partial charge in [-0.2, -0.15) is 0 Å². The lowest BCUT2D eigenvalue weighted by Crippen LogP contribution is -2.41. The molecule has 0 aromatic heterocycles. The summed E-state index contributed by atoms with van der Waals surface area (Å²) in [6, 6.07) is 7.14. The Kier molecular flexibility index (Phi) is 4.58. The molecule has 0 spiro atoms. The summed E-state index contributed by atoms with van der Waals surface area (Å²) < 4.78 is 13.8. The second kappa shape index (κ2) is 6.02. The van der Waals surface area contributed by atoms with Crippen molar-refractivity contribution in [2.24, 2.45) is 5.41 Å². The van der Waals surface area contributed by atoms with Crippen molar-refractivity contribution in [3.05, 3.63) is 35.6 Å². The lowest BCUT2D eigenvalue weighted by molar-refractivity contribution is 0.123. The van der Waals surface area contributed by atoms with E-state index in [9.17, 15) is 4.39 Å². The number of likely N-dealkylation sites (tertiary alicyclic amines) is 1. The number of halogens is 1. The van der Waals surface area contributed by atoms with Crippen LogP contribution in [0.5, 0.6) is 0 Å². The van der Waals surface area contributed by atoms with Crippen molar-refractivity contribution in [2.45, 2.75) is 32.7 Å². The smallest absolute Gasteiger partial charge is 0.128 e. The van der Waals surface area contributed by atoms with E-state index in [1.165, 1.54) is 12.8 Å². The second-order valence-corrected chi connectivity index (χ2v) is 6.33. The molecule has 0 aliphatic carbocycles. The van der Waals surface area contributed by atoms with Gasteiger partial charge in [-0.15, -0.1) is 0 Å². The lowest BCUT2D eigenvalue weighted by atomic mass is 9.82. The number of benzene rings is 1. The molecular weight excluding hydrogens is 239 g/mol. The quantitative estimate of drug-likeness (QED) is 0.898. The second-order valence-electron chi connectivity index (χ2n) is 6.33. The molecule has 1 N–H and O–H groups in total. The minimum absolute atomic E-state index is 0.0717. The summed E-state index contributed by atoms with van der Waals surface area (Å²) in [5.74, 6) is -0.112. The average Bonchev–Trinajstić information content (AvgIpc) is 2.39. The topological polar surface area (TPSA) is 15.3 Å². The highest BCUT2D eigenvalue weighted by Gasteiger charge is 2.27. The molecule has 0 bridgehead atoms. The van der Waals surface area contributed by atoms with Crippen molar-refractivity contribution in [1.29, 1.82) is 0 Å². The molecule has 1 unspecified atom stereocenters. The van der Waals surface area contributed by atoms with Crippen LogP contribution in [0.2, 0.25) is 0 Å². The molecule has 1 saturated heterocycles. The van der Waals surface area contributed by atoms with Gasteiger partial charge in [0.2, 0.25) is 0 Å². The molecule has 1 aromatic carbocycles. The van der Waals surface area contributed by atoms with Crippen LogP contribution in [0.15, 0.2) is 24.3 Å². The summed E-state index contributed by atoms with van der Waals surface area (Å²) in [6.07, 6.45) is 2.45. The fourth-order valence-corrected chi connectivity index (χ4v) is 2.70. The Labute approximate surface area is 116 Å². The predicted molar refractivity (Wildman–Crippen MR) is 77.7 cm³/mol. The van der Waals surface area contributed by atoms with E-state index in [2.05, 4.69) is 24.1 Å². The van der Waals surface area contributed by atoms with Crippen LogP contribution >= 0.6 is 0 Å². The van der Waals surface area contributed by atoms with Gasteiger partial charge in [0.1, 0.15) is 5.82 Å². The zero-order valence-corrected chi connectivity index (χ0v) is 12.2. The minimum Gasteiger partial charge on any atom is -0.312 e. The summed E-state index contributed by atoms with van der Waals surface area (Å²) in [5, 5.41) is 3.25. The largest absolute Gasteiger partial charge is 0.312 e. The van der Waals surface area contributed by atoms with Gasteiger partial charge >= 0.3 is 0 Å². The maximum Gasteiger partial charge on any atom is 0.128 e. The van der Waals surface area contributed by atoms with Gasteiger partial charge in [-0.1, -0.05) is 32.0 Å². The first-order valence-electron chi connectivity index (χ1n) is 7.16. The van der Waals surface area contributed by atoms with Gasteiger partial charge in [-0.05, 0) is 44.5 Å². The predicted octanol–water partition coefficient (Wildman–Crippen LogP) is 3.21. The fourth-order valence-electron chi connectivity index (χ4n) is 2.70. The Morgan fingerprint density at radius 3 is 2.47 bits per heavy atom. The summed E-state index contributed by atoms with van der Waals surface area (Å²) in [4.78, 5) is 2.44. The van der Waals surface area contributed by atoms with Crippen LogP contribution in [-0.2, 0) is 0 Å². The number of hydrogen-bond acceptors (Lipinski definition) is 2. The van der Waals surface area contributed by atoms with E-state index in [-0.39, 0.29) is 11.9 Å². The number of rotatable bonds is 4. The Bertz CT molecular complexity index is 407. The van der Waals surface area contributed by atoms with E-state index in [4.69, 9.17) is 0 Å². The Morgan fingerprint density at radius 1 is 1.26 bits per heavy atom. The normalized spacial score (nSPS) is 21.3. The van der Waals surface area contributed by atoms with E-state index in [0.29, 0.717) is 5.41 Å². The molecule has 2 nitrogen and oxygen atoms in total. The molecule has 1 aliphatic rings. The molecule has 106 valence electrons. The SMILES string of the molecule is CNC(CN1CCC(C)(C)CC1)c1ccccc1F. The van der Waals surface area contributed by atoms with Gasteiger partial charge in [0.15, 0.2) is 0 Å². The number of nitrogens with one attached hydrogen (secondary N) is 1. The third-order valence-electron chi connectivity index (χ3n) is 4.28. The molecule has 3 heteroatoms. The van der Waals surface area contributed by atoms with Crippen molar-refractivity contribution in [1.82, 2.24) is 10.2 Å². The van der Waals surface area contributed by atoms with Gasteiger partial charge in [-0.25, -0.2) is 4.39 Å². The molecule has 19 heavy (non-hydrogen) atoms. The lowest BCUT2D eigenvalue weighted by Gasteiger charge is -2.38. The van der Waals surface area contributed by atoms with Gasteiger partial charge in [0, 0.05) is 18.2 Å². The molecule has 1 aliphatic heterocycles. The van der Waals surface area contributed by atoms with Crippen molar-refractivity contribution >= 4 is 0 Å². The van der Waals surface area contributed by atoms with Gasteiger partial charge in [-0.3, -0.25) is 0 Å². The minimum atomic E-state index is -0.112. The maximum absolute atomic E-state index is 13.8. The van der Waals surface area contributed by atoms with E-state index in [1.54, 1.807) is 12.1 Å². The highest BCUT2D eigenvalue weighted by atomic mass is 19.1. The number of hydrogen-bond donors (Lipinski definition) is 1. The Balaban J connectivity index is 1.99. The molecule has 0 amide bonds. The van der Waals surface area contributed by atoms with E-state index < -0.39 is 0 Å². The monoisotopic (exact) mass is 264 g/mol. The van der Waals surface area contributed by atoms with E-state index in [0.717, 1.165) is 25.2 Å². The third kappa shape index (κ3) is 3.77. The molecular formula is C16H25FN2. The van der Waals surface area contributed by atoms with Gasteiger partial charge < -0.3 is 10.2 Å². The molecule has 0 saturated carbocycles. The van der Waals surface area contributed by atoms with Crippen LogP contribution in [0.1, 0.15) is 38.3 Å². The van der Waals surface area contributed by atoms with Crippen LogP contribution in [0.3, 0.4) is 0 Å². The first-order chi connectivity index (χ1) is 9.02. The van der Waals surface area contributed by atoms with Crippen LogP contribution < -0.4 is 5.32 Å². The summed E-state index contributed by atoms with van der Waals surface area (Å²) >= 11 is 0. The molecule has 2 rings (SSSR count). The van der Waals surface area contributed by atoms with Crippen LogP contribution in [0.4, 0.5) is 4.39 Å². The number of piperidine rings is 1. The summed E-state index contributed by atoms with van der Waals surface area (Å²) in [6.45, 7) is 7.76.